The van der Waals surface area contributed by atoms with Gasteiger partial charge >= 0.3 is 0 Å². The Balaban J connectivity index is 1.83. The van der Waals surface area contributed by atoms with Gasteiger partial charge in [-0.15, -0.1) is 0 Å². The molecule has 0 N–H and O–H groups in total. The number of amides is 2. The van der Waals surface area contributed by atoms with Crippen LogP contribution < -0.4 is 0 Å². The molecule has 5 heteroatoms. The molecule has 1 aliphatic rings. The Morgan fingerprint density at radius 2 is 2.10 bits per heavy atom. The predicted molar refractivity (Wildman–Crippen MR) is 85.5 cm³/mol. The maximum atomic E-state index is 12.3. The SMILES string of the molecule is CCCCN(C)C(=O)C1CCN(C(=O)c2ccsc2)CC1. The fourth-order valence-electron chi connectivity index (χ4n) is 2.72. The molecule has 1 fully saturated rings. The minimum atomic E-state index is 0.0818. The summed E-state index contributed by atoms with van der Waals surface area (Å²) in [5.41, 5.74) is 0.768. The van der Waals surface area contributed by atoms with Gasteiger partial charge in [-0.3, -0.25) is 9.59 Å². The van der Waals surface area contributed by atoms with Crippen molar-refractivity contribution in [3.05, 3.63) is 22.4 Å². The molecule has 0 radical (unpaired) electrons. The van der Waals surface area contributed by atoms with Crippen LogP contribution >= 0.6 is 11.3 Å². The average molecular weight is 308 g/mol. The lowest BCUT2D eigenvalue weighted by molar-refractivity contribution is -0.135. The second-order valence-corrected chi connectivity index (χ2v) is 6.47. The summed E-state index contributed by atoms with van der Waals surface area (Å²) in [5.74, 6) is 0.422. The molecule has 21 heavy (non-hydrogen) atoms. The van der Waals surface area contributed by atoms with Crippen LogP contribution in [0.15, 0.2) is 16.8 Å². The zero-order chi connectivity index (χ0) is 15.2. The van der Waals surface area contributed by atoms with Gasteiger partial charge in [0.2, 0.25) is 5.91 Å². The van der Waals surface area contributed by atoms with Gasteiger partial charge in [-0.25, -0.2) is 0 Å². The summed E-state index contributed by atoms with van der Waals surface area (Å²) in [4.78, 5) is 28.3. The average Bonchev–Trinajstić information content (AvgIpc) is 3.05. The first-order chi connectivity index (χ1) is 10.1. The van der Waals surface area contributed by atoms with E-state index in [-0.39, 0.29) is 17.7 Å². The normalized spacial score (nSPS) is 16.0. The maximum Gasteiger partial charge on any atom is 0.254 e. The fourth-order valence-corrected chi connectivity index (χ4v) is 3.35. The Morgan fingerprint density at radius 1 is 1.38 bits per heavy atom. The van der Waals surface area contributed by atoms with Crippen LogP contribution in [0, 0.1) is 5.92 Å². The standard InChI is InChI=1S/C16H24N2O2S/c1-3-4-8-17(2)15(19)13-5-9-18(10-6-13)16(20)14-7-11-21-12-14/h7,11-13H,3-6,8-10H2,1-2H3. The van der Waals surface area contributed by atoms with Crippen LogP contribution in [0.3, 0.4) is 0 Å². The maximum absolute atomic E-state index is 12.3. The van der Waals surface area contributed by atoms with E-state index in [0.717, 1.165) is 37.8 Å². The molecule has 0 aliphatic carbocycles. The van der Waals surface area contributed by atoms with Crippen molar-refractivity contribution in [3.63, 3.8) is 0 Å². The van der Waals surface area contributed by atoms with Crippen LogP contribution in [0.1, 0.15) is 43.0 Å². The largest absolute Gasteiger partial charge is 0.346 e. The van der Waals surface area contributed by atoms with Crippen LogP contribution in [-0.2, 0) is 4.79 Å². The number of carbonyl (C=O) groups is 2. The van der Waals surface area contributed by atoms with E-state index in [1.807, 2.05) is 33.7 Å². The fraction of sp³-hybridized carbons (Fsp3) is 0.625. The summed E-state index contributed by atoms with van der Waals surface area (Å²) < 4.78 is 0. The lowest BCUT2D eigenvalue weighted by atomic mass is 9.95. The van der Waals surface area contributed by atoms with Crippen LogP contribution in [0.4, 0.5) is 0 Å². The second-order valence-electron chi connectivity index (χ2n) is 5.69. The van der Waals surface area contributed by atoms with Gasteiger partial charge in [0, 0.05) is 38.0 Å². The Hall–Kier alpha value is -1.36. The molecule has 1 aliphatic heterocycles. The highest BCUT2D eigenvalue weighted by Crippen LogP contribution is 2.21. The molecule has 1 aromatic heterocycles. The van der Waals surface area contributed by atoms with Crippen molar-refractivity contribution in [1.82, 2.24) is 9.80 Å². The summed E-state index contributed by atoms with van der Waals surface area (Å²) >= 11 is 1.54. The Labute approximate surface area is 130 Å². The smallest absolute Gasteiger partial charge is 0.254 e. The van der Waals surface area contributed by atoms with E-state index < -0.39 is 0 Å². The van der Waals surface area contributed by atoms with Crippen molar-refractivity contribution in [1.29, 1.82) is 0 Å². The Morgan fingerprint density at radius 3 is 2.67 bits per heavy atom. The first kappa shape index (κ1) is 16.0. The van der Waals surface area contributed by atoms with Gasteiger partial charge in [0.15, 0.2) is 0 Å². The molecule has 4 nitrogen and oxygen atoms in total. The van der Waals surface area contributed by atoms with Gasteiger partial charge in [-0.2, -0.15) is 11.3 Å². The summed E-state index contributed by atoms with van der Waals surface area (Å²) in [6, 6.07) is 1.86. The monoisotopic (exact) mass is 308 g/mol. The van der Waals surface area contributed by atoms with Gasteiger partial charge < -0.3 is 9.80 Å². The van der Waals surface area contributed by atoms with Crippen LogP contribution in [0.5, 0.6) is 0 Å². The van der Waals surface area contributed by atoms with Gasteiger partial charge in [0.25, 0.3) is 5.91 Å². The third-order valence-corrected chi connectivity index (χ3v) is 4.81. The highest BCUT2D eigenvalue weighted by Gasteiger charge is 2.29. The molecule has 2 amide bonds. The third-order valence-electron chi connectivity index (χ3n) is 4.12. The van der Waals surface area contributed by atoms with Crippen molar-refractivity contribution >= 4 is 23.2 Å². The van der Waals surface area contributed by atoms with Gasteiger partial charge in [-0.1, -0.05) is 13.3 Å². The van der Waals surface area contributed by atoms with Crippen LogP contribution in [0.25, 0.3) is 0 Å². The second kappa shape index (κ2) is 7.59. The van der Waals surface area contributed by atoms with Crippen molar-refractivity contribution in [2.45, 2.75) is 32.6 Å². The first-order valence-electron chi connectivity index (χ1n) is 7.70. The zero-order valence-electron chi connectivity index (χ0n) is 12.9. The number of thiophene rings is 1. The van der Waals surface area contributed by atoms with Crippen LogP contribution in [0.2, 0.25) is 0 Å². The minimum Gasteiger partial charge on any atom is -0.346 e. The van der Waals surface area contributed by atoms with E-state index in [4.69, 9.17) is 0 Å². The molecule has 2 rings (SSSR count). The lowest BCUT2D eigenvalue weighted by Gasteiger charge is -2.33. The summed E-state index contributed by atoms with van der Waals surface area (Å²) in [6.07, 6.45) is 3.72. The molecule has 0 bridgehead atoms. The molecule has 0 unspecified atom stereocenters. The lowest BCUT2D eigenvalue weighted by Crippen LogP contribution is -2.43. The summed E-state index contributed by atoms with van der Waals surface area (Å²) in [7, 11) is 1.89. The third kappa shape index (κ3) is 4.06. The Kier molecular flexibility index (Phi) is 5.79. The minimum absolute atomic E-state index is 0.0818. The van der Waals surface area contributed by atoms with Gasteiger partial charge in [0.1, 0.15) is 0 Å². The number of unbranched alkanes of at least 4 members (excludes halogenated alkanes) is 1. The summed E-state index contributed by atoms with van der Waals surface area (Å²) in [5, 5.41) is 3.81. The highest BCUT2D eigenvalue weighted by atomic mass is 32.1. The van der Waals surface area contributed by atoms with E-state index in [2.05, 4.69) is 6.92 Å². The molecule has 0 spiro atoms. The molecular formula is C16H24N2O2S. The van der Waals surface area contributed by atoms with Crippen molar-refractivity contribution in [2.24, 2.45) is 5.92 Å². The molecule has 0 atom stereocenters. The van der Waals surface area contributed by atoms with E-state index in [1.165, 1.54) is 0 Å². The molecule has 1 aromatic rings. The number of rotatable bonds is 5. The van der Waals surface area contributed by atoms with E-state index in [1.54, 1.807) is 11.3 Å². The number of nitrogens with zero attached hydrogens (tertiary/aromatic N) is 2. The number of piperidine rings is 1. The number of carbonyl (C=O) groups excluding carboxylic acids is 2. The van der Waals surface area contributed by atoms with Crippen molar-refractivity contribution < 1.29 is 9.59 Å². The number of likely N-dealkylation sites (tertiary alicyclic amines) is 1. The van der Waals surface area contributed by atoms with Crippen molar-refractivity contribution in [2.75, 3.05) is 26.7 Å². The molecule has 2 heterocycles. The molecule has 0 aromatic carbocycles. The Bertz CT molecular complexity index is 465. The van der Waals surface area contributed by atoms with E-state index >= 15 is 0 Å². The predicted octanol–water partition coefficient (Wildman–Crippen LogP) is 2.86. The highest BCUT2D eigenvalue weighted by molar-refractivity contribution is 7.08. The topological polar surface area (TPSA) is 40.6 Å². The van der Waals surface area contributed by atoms with Crippen LogP contribution in [-0.4, -0.2) is 48.3 Å². The molecular weight excluding hydrogens is 284 g/mol. The first-order valence-corrected chi connectivity index (χ1v) is 8.64. The van der Waals surface area contributed by atoms with Crippen molar-refractivity contribution in [3.8, 4) is 0 Å². The molecule has 0 saturated carbocycles. The molecule has 1 saturated heterocycles. The van der Waals surface area contributed by atoms with E-state index in [0.29, 0.717) is 13.1 Å². The summed E-state index contributed by atoms with van der Waals surface area (Å²) in [6.45, 7) is 4.34. The van der Waals surface area contributed by atoms with Gasteiger partial charge in [-0.05, 0) is 30.7 Å². The number of hydrogen-bond acceptors (Lipinski definition) is 3. The van der Waals surface area contributed by atoms with Gasteiger partial charge in [0.05, 0.1) is 5.56 Å². The molecule has 116 valence electrons. The zero-order valence-corrected chi connectivity index (χ0v) is 13.7. The van der Waals surface area contributed by atoms with E-state index in [9.17, 15) is 9.59 Å². The quantitative estimate of drug-likeness (QED) is 0.839. The number of hydrogen-bond donors (Lipinski definition) is 0.